The molecule has 1 amide bonds. The third-order valence-electron chi connectivity index (χ3n) is 4.08. The van der Waals surface area contributed by atoms with E-state index in [9.17, 15) is 4.79 Å². The van der Waals surface area contributed by atoms with E-state index >= 15 is 0 Å². The number of nitrogens with zero attached hydrogens (tertiary/aromatic N) is 2. The monoisotopic (exact) mass is 345 g/mol. The van der Waals surface area contributed by atoms with Crippen molar-refractivity contribution in [3.05, 3.63) is 52.0 Å². The molecule has 0 saturated carbocycles. The standard InChI is InChI=1S/C18H23N3O2S/c1-21-9-10-23-16(12-21)18(22)19-11-15-13-24-17(20-15)8-7-14-5-3-2-4-6-14/h2-6,13,16H,7-12H2,1H3,(H,19,22)/t16-/m0/s1. The van der Waals surface area contributed by atoms with Crippen LogP contribution >= 0.6 is 11.3 Å². The highest BCUT2D eigenvalue weighted by Crippen LogP contribution is 2.13. The molecular formula is C18H23N3O2S. The summed E-state index contributed by atoms with van der Waals surface area (Å²) in [5, 5.41) is 6.06. The van der Waals surface area contributed by atoms with Gasteiger partial charge in [-0.2, -0.15) is 0 Å². The number of aromatic nitrogens is 1. The summed E-state index contributed by atoms with van der Waals surface area (Å²) < 4.78 is 5.52. The number of aryl methyl sites for hydroxylation is 2. The maximum absolute atomic E-state index is 12.1. The number of hydrogen-bond donors (Lipinski definition) is 1. The van der Waals surface area contributed by atoms with E-state index in [1.807, 2.05) is 18.5 Å². The van der Waals surface area contributed by atoms with E-state index in [-0.39, 0.29) is 12.0 Å². The normalized spacial score (nSPS) is 18.5. The van der Waals surface area contributed by atoms with Gasteiger partial charge in [-0.15, -0.1) is 11.3 Å². The molecule has 0 aliphatic carbocycles. The van der Waals surface area contributed by atoms with Gasteiger partial charge in [0.1, 0.15) is 6.10 Å². The number of ether oxygens (including phenoxy) is 1. The van der Waals surface area contributed by atoms with Crippen LogP contribution in [0.2, 0.25) is 0 Å². The van der Waals surface area contributed by atoms with Crippen LogP contribution in [-0.2, 0) is 28.9 Å². The molecule has 1 saturated heterocycles. The van der Waals surface area contributed by atoms with Crippen LogP contribution in [0.25, 0.3) is 0 Å². The van der Waals surface area contributed by atoms with E-state index in [0.29, 0.717) is 19.7 Å². The molecule has 1 aliphatic heterocycles. The van der Waals surface area contributed by atoms with Gasteiger partial charge in [-0.25, -0.2) is 4.98 Å². The van der Waals surface area contributed by atoms with Crippen LogP contribution in [-0.4, -0.2) is 48.6 Å². The van der Waals surface area contributed by atoms with Gasteiger partial charge in [-0.1, -0.05) is 30.3 Å². The first-order valence-electron chi connectivity index (χ1n) is 8.26. The average molecular weight is 345 g/mol. The highest BCUT2D eigenvalue weighted by Gasteiger charge is 2.24. The number of amides is 1. The largest absolute Gasteiger partial charge is 0.366 e. The zero-order valence-electron chi connectivity index (χ0n) is 13.9. The Morgan fingerprint density at radius 2 is 2.21 bits per heavy atom. The lowest BCUT2D eigenvalue weighted by molar-refractivity contribution is -0.138. The molecule has 1 atom stereocenters. The summed E-state index contributed by atoms with van der Waals surface area (Å²) >= 11 is 1.65. The fourth-order valence-corrected chi connectivity index (χ4v) is 3.47. The number of nitrogens with one attached hydrogen (secondary N) is 1. The smallest absolute Gasteiger partial charge is 0.250 e. The van der Waals surface area contributed by atoms with E-state index in [4.69, 9.17) is 4.74 Å². The molecular weight excluding hydrogens is 322 g/mol. The van der Waals surface area contributed by atoms with Crippen LogP contribution in [0, 0.1) is 0 Å². The summed E-state index contributed by atoms with van der Waals surface area (Å²) in [5.74, 6) is -0.0552. The average Bonchev–Trinajstić information content (AvgIpc) is 3.07. The number of carbonyl (C=O) groups is 1. The maximum Gasteiger partial charge on any atom is 0.250 e. The Balaban J connectivity index is 1.45. The molecule has 6 heteroatoms. The summed E-state index contributed by atoms with van der Waals surface area (Å²) in [6, 6.07) is 10.4. The Morgan fingerprint density at radius 3 is 3.00 bits per heavy atom. The number of carbonyl (C=O) groups excluding carboxylic acids is 1. The van der Waals surface area contributed by atoms with Crippen molar-refractivity contribution >= 4 is 17.2 Å². The molecule has 5 nitrogen and oxygen atoms in total. The molecule has 0 bridgehead atoms. The Morgan fingerprint density at radius 1 is 1.38 bits per heavy atom. The van der Waals surface area contributed by atoms with Crippen molar-refractivity contribution in [2.24, 2.45) is 0 Å². The maximum atomic E-state index is 12.1. The minimum atomic E-state index is -0.375. The van der Waals surface area contributed by atoms with E-state index in [1.54, 1.807) is 11.3 Å². The van der Waals surface area contributed by atoms with Crippen LogP contribution in [0.1, 0.15) is 16.3 Å². The molecule has 3 rings (SSSR count). The first kappa shape index (κ1) is 17.1. The second-order valence-corrected chi connectivity index (χ2v) is 7.00. The first-order chi connectivity index (χ1) is 11.7. The summed E-state index contributed by atoms with van der Waals surface area (Å²) in [6.07, 6.45) is 1.54. The summed E-state index contributed by atoms with van der Waals surface area (Å²) in [7, 11) is 2.00. The third-order valence-corrected chi connectivity index (χ3v) is 5.03. The van der Waals surface area contributed by atoms with Crippen molar-refractivity contribution in [2.75, 3.05) is 26.7 Å². The van der Waals surface area contributed by atoms with Crippen LogP contribution in [0.3, 0.4) is 0 Å². The fourth-order valence-electron chi connectivity index (χ4n) is 2.67. The number of benzene rings is 1. The lowest BCUT2D eigenvalue weighted by atomic mass is 10.1. The molecule has 1 aliphatic rings. The van der Waals surface area contributed by atoms with Crippen molar-refractivity contribution in [1.82, 2.24) is 15.2 Å². The molecule has 0 spiro atoms. The minimum Gasteiger partial charge on any atom is -0.366 e. The van der Waals surface area contributed by atoms with Crippen molar-refractivity contribution in [2.45, 2.75) is 25.5 Å². The van der Waals surface area contributed by atoms with Gasteiger partial charge in [0.25, 0.3) is 5.91 Å². The quantitative estimate of drug-likeness (QED) is 0.868. The topological polar surface area (TPSA) is 54.5 Å². The van der Waals surface area contributed by atoms with Crippen molar-refractivity contribution in [1.29, 1.82) is 0 Å². The molecule has 1 fully saturated rings. The highest BCUT2D eigenvalue weighted by atomic mass is 32.1. The van der Waals surface area contributed by atoms with Crippen molar-refractivity contribution < 1.29 is 9.53 Å². The van der Waals surface area contributed by atoms with Crippen molar-refractivity contribution in [3.8, 4) is 0 Å². The van der Waals surface area contributed by atoms with Gasteiger partial charge in [0.05, 0.1) is 23.9 Å². The molecule has 1 aromatic carbocycles. The van der Waals surface area contributed by atoms with Crippen LogP contribution in [0.5, 0.6) is 0 Å². The van der Waals surface area contributed by atoms with E-state index < -0.39 is 0 Å². The molecule has 0 unspecified atom stereocenters. The van der Waals surface area contributed by atoms with E-state index in [1.165, 1.54) is 5.56 Å². The molecule has 1 N–H and O–H groups in total. The number of hydrogen-bond acceptors (Lipinski definition) is 5. The molecule has 2 heterocycles. The number of morpholine rings is 1. The fraction of sp³-hybridized carbons (Fsp3) is 0.444. The lowest BCUT2D eigenvalue weighted by Gasteiger charge is -2.28. The van der Waals surface area contributed by atoms with Gasteiger partial charge in [0, 0.05) is 24.9 Å². The van der Waals surface area contributed by atoms with Crippen LogP contribution < -0.4 is 5.32 Å². The Bertz CT molecular complexity index is 659. The van der Waals surface area contributed by atoms with Gasteiger partial charge >= 0.3 is 0 Å². The third kappa shape index (κ3) is 4.87. The van der Waals surface area contributed by atoms with E-state index in [0.717, 1.165) is 30.1 Å². The number of rotatable bonds is 6. The van der Waals surface area contributed by atoms with Crippen LogP contribution in [0.15, 0.2) is 35.7 Å². The van der Waals surface area contributed by atoms with E-state index in [2.05, 4.69) is 39.5 Å². The van der Waals surface area contributed by atoms with Crippen LogP contribution in [0.4, 0.5) is 0 Å². The summed E-state index contributed by atoms with van der Waals surface area (Å²) in [5.41, 5.74) is 2.24. The zero-order valence-corrected chi connectivity index (χ0v) is 14.7. The molecule has 0 radical (unpaired) electrons. The second-order valence-electron chi connectivity index (χ2n) is 6.06. The Labute approximate surface area is 146 Å². The van der Waals surface area contributed by atoms with Gasteiger partial charge in [-0.3, -0.25) is 4.79 Å². The molecule has 1 aromatic heterocycles. The lowest BCUT2D eigenvalue weighted by Crippen LogP contribution is -2.48. The number of likely N-dealkylation sites (N-methyl/N-ethyl adjacent to an activating group) is 1. The Hall–Kier alpha value is -1.76. The predicted molar refractivity (Wildman–Crippen MR) is 95.0 cm³/mol. The van der Waals surface area contributed by atoms with Gasteiger partial charge in [-0.05, 0) is 19.0 Å². The first-order valence-corrected chi connectivity index (χ1v) is 9.14. The van der Waals surface area contributed by atoms with Gasteiger partial charge < -0.3 is 15.0 Å². The second kappa shape index (κ2) is 8.37. The van der Waals surface area contributed by atoms with Gasteiger partial charge in [0.15, 0.2) is 0 Å². The van der Waals surface area contributed by atoms with Gasteiger partial charge in [0.2, 0.25) is 0 Å². The number of thiazole rings is 1. The minimum absolute atomic E-state index is 0.0552. The Kier molecular flexibility index (Phi) is 5.96. The zero-order chi connectivity index (χ0) is 16.8. The predicted octanol–water partition coefficient (Wildman–Crippen LogP) is 1.88. The molecule has 24 heavy (non-hydrogen) atoms. The highest BCUT2D eigenvalue weighted by molar-refractivity contribution is 7.09. The SMILES string of the molecule is CN1CCO[C@H](C(=O)NCc2csc(CCc3ccccc3)n2)C1. The summed E-state index contributed by atoms with van der Waals surface area (Å²) in [6.45, 7) is 2.59. The molecule has 2 aromatic rings. The van der Waals surface area contributed by atoms with Crippen molar-refractivity contribution in [3.63, 3.8) is 0 Å². The molecule has 128 valence electrons. The summed E-state index contributed by atoms with van der Waals surface area (Å²) in [4.78, 5) is 18.9.